The minimum atomic E-state index is -0.967. The minimum absolute atomic E-state index is 0.0730. The Balaban J connectivity index is 2.47. The van der Waals surface area contributed by atoms with E-state index in [0.29, 0.717) is 12.4 Å². The van der Waals surface area contributed by atoms with Crippen LogP contribution in [0.1, 0.15) is 11.1 Å². The van der Waals surface area contributed by atoms with E-state index in [4.69, 9.17) is 9.47 Å². The molecule has 0 saturated heterocycles. The van der Waals surface area contributed by atoms with Crippen LogP contribution in [0.2, 0.25) is 0 Å². The van der Waals surface area contributed by atoms with Crippen LogP contribution in [-0.2, 0) is 20.9 Å². The summed E-state index contributed by atoms with van der Waals surface area (Å²) in [7, 11) is 3.22. The summed E-state index contributed by atoms with van der Waals surface area (Å²) in [5.74, 6) is 0.564. The maximum Gasteiger partial charge on any atom is 0.179 e. The van der Waals surface area contributed by atoms with Crippen molar-refractivity contribution in [1.82, 2.24) is 0 Å². The molecule has 0 heterocycles. The molecular weight excluding hydrogens is 260 g/mol. The molecule has 0 saturated carbocycles. The van der Waals surface area contributed by atoms with Crippen LogP contribution in [0.5, 0.6) is 5.75 Å². The van der Waals surface area contributed by atoms with Crippen LogP contribution in [0.15, 0.2) is 42.5 Å². The topological polar surface area (TPSA) is 35.5 Å². The molecule has 1 unspecified atom stereocenters. The second-order valence-corrected chi connectivity index (χ2v) is 5.02. The Morgan fingerprint density at radius 2 is 2.05 bits per heavy atom. The number of methoxy groups -OCH3 is 2. The van der Waals surface area contributed by atoms with Crippen molar-refractivity contribution in [1.29, 1.82) is 0 Å². The van der Waals surface area contributed by atoms with Gasteiger partial charge in [-0.2, -0.15) is 12.6 Å². The van der Waals surface area contributed by atoms with Gasteiger partial charge in [0.15, 0.2) is 5.78 Å². The van der Waals surface area contributed by atoms with Gasteiger partial charge in [0.2, 0.25) is 0 Å². The number of ether oxygens (including phenoxy) is 2. The Labute approximate surface area is 118 Å². The van der Waals surface area contributed by atoms with Crippen LogP contribution >= 0.6 is 12.6 Å². The lowest BCUT2D eigenvalue weighted by atomic mass is 9.89. The third-order valence-corrected chi connectivity index (χ3v) is 3.67. The molecule has 4 heteroatoms. The molecule has 0 aliphatic heterocycles. The highest BCUT2D eigenvalue weighted by Gasteiger charge is 2.35. The third kappa shape index (κ3) is 2.60. The highest BCUT2D eigenvalue weighted by molar-refractivity contribution is 7.82. The number of carbonyl (C=O) groups is 1. The molecule has 19 heavy (non-hydrogen) atoms. The van der Waals surface area contributed by atoms with Gasteiger partial charge >= 0.3 is 0 Å². The van der Waals surface area contributed by atoms with Crippen molar-refractivity contribution in [3.8, 4) is 5.75 Å². The van der Waals surface area contributed by atoms with Crippen LogP contribution < -0.4 is 4.74 Å². The first-order chi connectivity index (χ1) is 9.11. The van der Waals surface area contributed by atoms with E-state index >= 15 is 0 Å². The van der Waals surface area contributed by atoms with Gasteiger partial charge in [0.05, 0.1) is 13.7 Å². The normalized spacial score (nSPS) is 21.7. The van der Waals surface area contributed by atoms with Crippen molar-refractivity contribution >= 4 is 18.4 Å². The number of rotatable bonds is 4. The lowest BCUT2D eigenvalue weighted by molar-refractivity contribution is -0.116. The summed E-state index contributed by atoms with van der Waals surface area (Å²) in [5.41, 5.74) is 1.73. The average molecular weight is 276 g/mol. The summed E-state index contributed by atoms with van der Waals surface area (Å²) < 4.78 is 9.51. The maximum atomic E-state index is 12.1. The number of hydrogen-bond acceptors (Lipinski definition) is 4. The highest BCUT2D eigenvalue weighted by Crippen LogP contribution is 2.39. The Morgan fingerprint density at radius 3 is 2.68 bits per heavy atom. The first kappa shape index (κ1) is 13.9. The Kier molecular flexibility index (Phi) is 4.12. The van der Waals surface area contributed by atoms with Crippen molar-refractivity contribution in [2.24, 2.45) is 0 Å². The second kappa shape index (κ2) is 5.63. The second-order valence-electron chi connectivity index (χ2n) is 4.32. The SMILES string of the molecule is COCc1ccc(C2(S)C=CC=CC2=O)c(OC)c1. The van der Waals surface area contributed by atoms with E-state index in [1.807, 2.05) is 24.3 Å². The summed E-state index contributed by atoms with van der Waals surface area (Å²) in [5, 5.41) is 0. The summed E-state index contributed by atoms with van der Waals surface area (Å²) >= 11 is 4.55. The third-order valence-electron chi connectivity index (χ3n) is 3.06. The van der Waals surface area contributed by atoms with Crippen molar-refractivity contribution in [2.45, 2.75) is 11.4 Å². The zero-order valence-electron chi connectivity index (χ0n) is 10.9. The summed E-state index contributed by atoms with van der Waals surface area (Å²) in [6.07, 6.45) is 6.82. The van der Waals surface area contributed by atoms with Gasteiger partial charge in [-0.3, -0.25) is 4.79 Å². The van der Waals surface area contributed by atoms with E-state index < -0.39 is 4.75 Å². The molecule has 0 N–H and O–H groups in total. The van der Waals surface area contributed by atoms with Crippen LogP contribution in [0, 0.1) is 0 Å². The van der Waals surface area contributed by atoms with Gasteiger partial charge in [-0.05, 0) is 17.7 Å². The van der Waals surface area contributed by atoms with Gasteiger partial charge in [-0.15, -0.1) is 0 Å². The number of ketones is 1. The van der Waals surface area contributed by atoms with Crippen LogP contribution in [-0.4, -0.2) is 20.0 Å². The van der Waals surface area contributed by atoms with Crippen molar-refractivity contribution < 1.29 is 14.3 Å². The number of hydrogen-bond donors (Lipinski definition) is 1. The summed E-state index contributed by atoms with van der Waals surface area (Å²) in [6.45, 7) is 0.500. The van der Waals surface area contributed by atoms with Gasteiger partial charge in [0, 0.05) is 12.7 Å². The largest absolute Gasteiger partial charge is 0.496 e. The molecule has 100 valence electrons. The summed E-state index contributed by atoms with van der Waals surface area (Å²) in [6, 6.07) is 5.65. The van der Waals surface area contributed by atoms with E-state index in [-0.39, 0.29) is 5.78 Å². The Bertz CT molecular complexity index is 548. The molecule has 0 amide bonds. The molecule has 2 rings (SSSR count). The fourth-order valence-electron chi connectivity index (χ4n) is 2.08. The standard InChI is InChI=1S/C15H16O3S/c1-17-10-11-6-7-12(13(9-11)18-2)15(19)8-4-3-5-14(15)16/h3-9,19H,10H2,1-2H3. The van der Waals surface area contributed by atoms with E-state index in [2.05, 4.69) is 12.6 Å². The van der Waals surface area contributed by atoms with Crippen molar-refractivity contribution in [2.75, 3.05) is 14.2 Å². The van der Waals surface area contributed by atoms with E-state index in [1.54, 1.807) is 26.4 Å². The van der Waals surface area contributed by atoms with Crippen molar-refractivity contribution in [3.05, 3.63) is 53.6 Å². The molecular formula is C15H16O3S. The van der Waals surface area contributed by atoms with Crippen LogP contribution in [0.4, 0.5) is 0 Å². The molecule has 0 spiro atoms. The molecule has 1 aromatic carbocycles. The molecule has 0 radical (unpaired) electrons. The molecule has 1 aliphatic carbocycles. The number of allylic oxidation sites excluding steroid dienone is 3. The molecule has 1 aliphatic rings. The van der Waals surface area contributed by atoms with Crippen molar-refractivity contribution in [3.63, 3.8) is 0 Å². The van der Waals surface area contributed by atoms with Gasteiger partial charge in [0.1, 0.15) is 10.5 Å². The lowest BCUT2D eigenvalue weighted by Gasteiger charge is -2.26. The predicted octanol–water partition coefficient (Wildman–Crippen LogP) is 2.66. The lowest BCUT2D eigenvalue weighted by Crippen LogP contribution is -2.28. The maximum absolute atomic E-state index is 12.1. The highest BCUT2D eigenvalue weighted by atomic mass is 32.1. The molecule has 1 atom stereocenters. The van der Waals surface area contributed by atoms with Crippen LogP contribution in [0.3, 0.4) is 0 Å². The van der Waals surface area contributed by atoms with Gasteiger partial charge in [-0.25, -0.2) is 0 Å². The minimum Gasteiger partial charge on any atom is -0.496 e. The van der Waals surface area contributed by atoms with E-state index in [1.165, 1.54) is 6.08 Å². The number of thiol groups is 1. The fourth-order valence-corrected chi connectivity index (χ4v) is 2.42. The molecule has 0 aromatic heterocycles. The predicted molar refractivity (Wildman–Crippen MR) is 77.7 cm³/mol. The molecule has 0 bridgehead atoms. The molecule has 3 nitrogen and oxygen atoms in total. The van der Waals surface area contributed by atoms with Gasteiger partial charge < -0.3 is 9.47 Å². The first-order valence-electron chi connectivity index (χ1n) is 5.91. The van der Waals surface area contributed by atoms with Gasteiger partial charge in [0.25, 0.3) is 0 Å². The van der Waals surface area contributed by atoms with E-state index in [9.17, 15) is 4.79 Å². The Hall–Kier alpha value is -1.52. The van der Waals surface area contributed by atoms with Gasteiger partial charge in [-0.1, -0.05) is 30.4 Å². The summed E-state index contributed by atoms with van der Waals surface area (Å²) in [4.78, 5) is 12.1. The number of carbonyl (C=O) groups excluding carboxylic acids is 1. The molecule has 0 fully saturated rings. The zero-order valence-corrected chi connectivity index (χ0v) is 11.8. The quantitative estimate of drug-likeness (QED) is 0.859. The fraction of sp³-hybridized carbons (Fsp3) is 0.267. The van der Waals surface area contributed by atoms with E-state index in [0.717, 1.165) is 11.1 Å². The zero-order chi connectivity index (χ0) is 13.9. The average Bonchev–Trinajstić information content (AvgIpc) is 2.42. The monoisotopic (exact) mass is 276 g/mol. The first-order valence-corrected chi connectivity index (χ1v) is 6.35. The van der Waals surface area contributed by atoms with Crippen LogP contribution in [0.25, 0.3) is 0 Å². The Morgan fingerprint density at radius 1 is 1.26 bits per heavy atom. The number of benzene rings is 1. The smallest absolute Gasteiger partial charge is 0.179 e. The molecule has 1 aromatic rings.